The smallest absolute Gasteiger partial charge is 0.310 e. The zero-order chi connectivity index (χ0) is 17.4. The largest absolute Gasteiger partial charge is 0.448 e. The fourth-order valence-electron chi connectivity index (χ4n) is 2.90. The van der Waals surface area contributed by atoms with Crippen molar-refractivity contribution in [1.82, 2.24) is 0 Å². The van der Waals surface area contributed by atoms with E-state index in [-0.39, 0.29) is 11.6 Å². The van der Waals surface area contributed by atoms with Gasteiger partial charge in [-0.1, -0.05) is 0 Å². The number of anilines is 1. The Morgan fingerprint density at radius 2 is 2.21 bits per heavy atom. The third kappa shape index (κ3) is 3.02. The lowest BCUT2D eigenvalue weighted by atomic mass is 9.87. The molecule has 2 aliphatic rings. The van der Waals surface area contributed by atoms with Gasteiger partial charge in [0, 0.05) is 30.3 Å². The van der Waals surface area contributed by atoms with Crippen molar-refractivity contribution in [2.24, 2.45) is 16.6 Å². The summed E-state index contributed by atoms with van der Waals surface area (Å²) < 4.78 is 53.4. The van der Waals surface area contributed by atoms with E-state index in [1.165, 1.54) is 12.1 Å². The Morgan fingerprint density at radius 1 is 1.42 bits per heavy atom. The molecule has 3 rings (SSSR count). The average molecular weight is 343 g/mol. The van der Waals surface area contributed by atoms with Gasteiger partial charge in [0.25, 0.3) is 6.02 Å². The predicted octanol–water partition coefficient (Wildman–Crippen LogP) is 2.47. The van der Waals surface area contributed by atoms with E-state index in [0.29, 0.717) is 24.8 Å². The third-order valence-electron chi connectivity index (χ3n) is 4.54. The number of rotatable bonds is 4. The van der Waals surface area contributed by atoms with Gasteiger partial charge >= 0.3 is 5.92 Å². The summed E-state index contributed by atoms with van der Waals surface area (Å²) in [6, 6.07) is 3.63. The molecule has 132 valence electrons. The Balaban J connectivity index is 1.86. The lowest BCUT2D eigenvalue weighted by Gasteiger charge is -2.39. The topological polar surface area (TPSA) is 68.9 Å². The van der Waals surface area contributed by atoms with Gasteiger partial charge < -0.3 is 20.5 Å². The number of benzene rings is 1. The molecule has 1 unspecified atom stereocenters. The summed E-state index contributed by atoms with van der Waals surface area (Å²) in [6.07, 6.45) is 0.937. The molecule has 0 radical (unpaired) electrons. The van der Waals surface area contributed by atoms with Gasteiger partial charge in [-0.15, -0.1) is 0 Å². The molecule has 0 aliphatic carbocycles. The SMILES string of the molecule is C[C@]1(c2cc(NCC3CCOC3)ccc2F)OC(N)=NCC1(F)F. The van der Waals surface area contributed by atoms with Gasteiger partial charge in [-0.05, 0) is 31.5 Å². The number of hydrogen-bond donors (Lipinski definition) is 2. The molecule has 0 spiro atoms. The van der Waals surface area contributed by atoms with E-state index in [4.69, 9.17) is 15.2 Å². The van der Waals surface area contributed by atoms with E-state index < -0.39 is 23.9 Å². The van der Waals surface area contributed by atoms with Gasteiger partial charge in [-0.2, -0.15) is 8.78 Å². The summed E-state index contributed by atoms with van der Waals surface area (Å²) >= 11 is 0. The summed E-state index contributed by atoms with van der Waals surface area (Å²) in [4.78, 5) is 3.41. The van der Waals surface area contributed by atoms with Crippen molar-refractivity contribution in [1.29, 1.82) is 0 Å². The monoisotopic (exact) mass is 343 g/mol. The highest BCUT2D eigenvalue weighted by molar-refractivity contribution is 5.73. The lowest BCUT2D eigenvalue weighted by molar-refractivity contribution is -0.173. The molecule has 3 N–H and O–H groups in total. The van der Waals surface area contributed by atoms with Crippen LogP contribution in [-0.4, -0.2) is 38.2 Å². The molecule has 5 nitrogen and oxygen atoms in total. The number of nitrogens with two attached hydrogens (primary N) is 1. The van der Waals surface area contributed by atoms with Crippen LogP contribution in [0.5, 0.6) is 0 Å². The van der Waals surface area contributed by atoms with Crippen LogP contribution in [0.25, 0.3) is 0 Å². The molecule has 0 bridgehead atoms. The number of nitrogens with zero attached hydrogens (tertiary/aromatic N) is 1. The van der Waals surface area contributed by atoms with Gasteiger partial charge in [0.1, 0.15) is 12.4 Å². The van der Waals surface area contributed by atoms with Crippen molar-refractivity contribution in [3.8, 4) is 0 Å². The second kappa shape index (κ2) is 6.16. The molecule has 2 aliphatic heterocycles. The fraction of sp³-hybridized carbons (Fsp3) is 0.562. The van der Waals surface area contributed by atoms with E-state index >= 15 is 0 Å². The Hall–Kier alpha value is -1.96. The second-order valence-electron chi connectivity index (χ2n) is 6.30. The first kappa shape index (κ1) is 16.9. The highest BCUT2D eigenvalue weighted by atomic mass is 19.3. The minimum atomic E-state index is -3.38. The van der Waals surface area contributed by atoms with Gasteiger partial charge in [-0.3, -0.25) is 0 Å². The maximum atomic E-state index is 14.4. The van der Waals surface area contributed by atoms with Crippen LogP contribution in [0.15, 0.2) is 23.2 Å². The first-order valence-electron chi connectivity index (χ1n) is 7.80. The predicted molar refractivity (Wildman–Crippen MR) is 83.7 cm³/mol. The first-order valence-corrected chi connectivity index (χ1v) is 7.80. The van der Waals surface area contributed by atoms with Crippen LogP contribution in [0, 0.1) is 11.7 Å². The molecular weight excluding hydrogens is 323 g/mol. The number of alkyl halides is 2. The minimum absolute atomic E-state index is 0.252. The molecule has 1 fully saturated rings. The molecule has 8 heteroatoms. The van der Waals surface area contributed by atoms with Crippen molar-refractivity contribution in [3.05, 3.63) is 29.6 Å². The quantitative estimate of drug-likeness (QED) is 0.881. The van der Waals surface area contributed by atoms with Crippen LogP contribution in [0.4, 0.5) is 18.9 Å². The molecule has 0 amide bonds. The number of amidine groups is 1. The first-order chi connectivity index (χ1) is 11.3. The highest BCUT2D eigenvalue weighted by Crippen LogP contribution is 2.44. The molecule has 1 saturated heterocycles. The molecular formula is C16H20F3N3O2. The van der Waals surface area contributed by atoms with Crippen molar-refractivity contribution in [2.75, 3.05) is 31.6 Å². The van der Waals surface area contributed by atoms with E-state index in [1.54, 1.807) is 0 Å². The van der Waals surface area contributed by atoms with E-state index in [0.717, 1.165) is 26.0 Å². The number of halogens is 3. The van der Waals surface area contributed by atoms with Crippen molar-refractivity contribution >= 4 is 11.7 Å². The molecule has 24 heavy (non-hydrogen) atoms. The van der Waals surface area contributed by atoms with Crippen LogP contribution in [-0.2, 0) is 15.1 Å². The van der Waals surface area contributed by atoms with Gasteiger partial charge in [-0.25, -0.2) is 9.38 Å². The lowest BCUT2D eigenvalue weighted by Crippen LogP contribution is -2.53. The number of hydrogen-bond acceptors (Lipinski definition) is 5. The Bertz CT molecular complexity index is 647. The van der Waals surface area contributed by atoms with Crippen molar-refractivity contribution < 1.29 is 22.6 Å². The summed E-state index contributed by atoms with van der Waals surface area (Å²) in [6.45, 7) is 2.29. The summed E-state index contributed by atoms with van der Waals surface area (Å²) in [7, 11) is 0. The minimum Gasteiger partial charge on any atom is -0.448 e. The van der Waals surface area contributed by atoms with Crippen LogP contribution in [0.3, 0.4) is 0 Å². The Labute approximate surface area is 138 Å². The van der Waals surface area contributed by atoms with Crippen molar-refractivity contribution in [3.63, 3.8) is 0 Å². The Morgan fingerprint density at radius 3 is 2.92 bits per heavy atom. The highest BCUT2D eigenvalue weighted by Gasteiger charge is 2.57. The van der Waals surface area contributed by atoms with Crippen LogP contribution in [0.1, 0.15) is 18.9 Å². The molecule has 0 aromatic heterocycles. The van der Waals surface area contributed by atoms with Gasteiger partial charge in [0.2, 0.25) is 5.60 Å². The van der Waals surface area contributed by atoms with Gasteiger partial charge in [0.15, 0.2) is 0 Å². The summed E-state index contributed by atoms with van der Waals surface area (Å²) in [5.74, 6) is -3.81. The van der Waals surface area contributed by atoms with Gasteiger partial charge in [0.05, 0.1) is 6.61 Å². The van der Waals surface area contributed by atoms with E-state index in [2.05, 4.69) is 10.3 Å². The number of aliphatic imine (C=N–C) groups is 1. The number of nitrogens with one attached hydrogen (secondary N) is 1. The zero-order valence-electron chi connectivity index (χ0n) is 13.3. The molecule has 1 aromatic carbocycles. The van der Waals surface area contributed by atoms with E-state index in [1.807, 2.05) is 0 Å². The standard InChI is InChI=1S/C16H20F3N3O2/c1-15(16(18,19)9-22-14(20)24-15)12-6-11(2-3-13(12)17)21-7-10-4-5-23-8-10/h2-3,6,10,21H,4-5,7-9H2,1H3,(H2,20,22)/t10?,15-/m1/s1. The number of ether oxygens (including phenoxy) is 2. The van der Waals surface area contributed by atoms with E-state index in [9.17, 15) is 13.2 Å². The maximum Gasteiger partial charge on any atom is 0.310 e. The average Bonchev–Trinajstić information content (AvgIpc) is 3.04. The molecule has 2 heterocycles. The summed E-state index contributed by atoms with van der Waals surface area (Å²) in [5, 5.41) is 3.14. The summed E-state index contributed by atoms with van der Waals surface area (Å²) in [5.41, 5.74) is 3.52. The van der Waals surface area contributed by atoms with Crippen molar-refractivity contribution in [2.45, 2.75) is 24.9 Å². The molecule has 0 saturated carbocycles. The second-order valence-corrected chi connectivity index (χ2v) is 6.30. The molecule has 2 atom stereocenters. The normalized spacial score (nSPS) is 29.0. The van der Waals surface area contributed by atoms with Crippen LogP contribution < -0.4 is 11.1 Å². The maximum absolute atomic E-state index is 14.4. The fourth-order valence-corrected chi connectivity index (χ4v) is 2.90. The third-order valence-corrected chi connectivity index (χ3v) is 4.54. The Kier molecular flexibility index (Phi) is 4.33. The zero-order valence-corrected chi connectivity index (χ0v) is 13.3. The van der Waals surface area contributed by atoms with Crippen LogP contribution in [0.2, 0.25) is 0 Å². The van der Waals surface area contributed by atoms with Crippen LogP contribution >= 0.6 is 0 Å². The molecule has 1 aromatic rings.